The summed E-state index contributed by atoms with van der Waals surface area (Å²) in [6, 6.07) is 23.5. The molecule has 0 spiro atoms. The van der Waals surface area contributed by atoms with Crippen molar-refractivity contribution in [2.24, 2.45) is 0 Å². The van der Waals surface area contributed by atoms with Crippen LogP contribution in [0.4, 0.5) is 11.6 Å². The summed E-state index contributed by atoms with van der Waals surface area (Å²) in [6.07, 6.45) is 0. The lowest BCUT2D eigenvalue weighted by atomic mass is 10.2. The number of nitro groups is 1. The monoisotopic (exact) mass is 477 g/mol. The van der Waals surface area contributed by atoms with Gasteiger partial charge in [-0.2, -0.15) is 4.31 Å². The highest BCUT2D eigenvalue weighted by Gasteiger charge is 2.34. The number of sulfonamides is 1. The number of para-hydroxylation sites is 3. The number of rotatable bonds is 6. The van der Waals surface area contributed by atoms with Crippen LogP contribution in [0, 0.1) is 10.1 Å². The molecule has 3 aromatic carbocycles. The fraction of sp³-hybridized carbons (Fsp3) is 0.208. The van der Waals surface area contributed by atoms with Crippen LogP contribution in [0.3, 0.4) is 0 Å². The number of nitrogens with zero attached hydrogens (tertiary/aromatic N) is 5. The summed E-state index contributed by atoms with van der Waals surface area (Å²) >= 11 is 0. The second-order valence-corrected chi connectivity index (χ2v) is 9.99. The van der Waals surface area contributed by atoms with Gasteiger partial charge in [0, 0.05) is 32.2 Å². The molecule has 1 aromatic heterocycles. The van der Waals surface area contributed by atoms with Gasteiger partial charge in [-0.05, 0) is 23.8 Å². The van der Waals surface area contributed by atoms with Gasteiger partial charge >= 0.3 is 0 Å². The molecule has 0 atom stereocenters. The predicted octanol–water partition coefficient (Wildman–Crippen LogP) is 3.50. The Hall–Kier alpha value is -3.76. The Labute approximate surface area is 197 Å². The van der Waals surface area contributed by atoms with E-state index in [9.17, 15) is 18.5 Å². The second kappa shape index (κ2) is 8.88. The lowest BCUT2D eigenvalue weighted by molar-refractivity contribution is -0.387. The van der Waals surface area contributed by atoms with Crippen molar-refractivity contribution < 1.29 is 13.3 Å². The van der Waals surface area contributed by atoms with E-state index in [-0.39, 0.29) is 18.0 Å². The summed E-state index contributed by atoms with van der Waals surface area (Å²) in [5.74, 6) is 0.785. The third kappa shape index (κ3) is 4.02. The third-order valence-electron chi connectivity index (χ3n) is 6.02. The van der Waals surface area contributed by atoms with Crippen LogP contribution in [0.15, 0.2) is 83.8 Å². The minimum Gasteiger partial charge on any atom is -0.340 e. The first kappa shape index (κ1) is 22.1. The van der Waals surface area contributed by atoms with Gasteiger partial charge < -0.3 is 9.47 Å². The molecule has 0 bridgehead atoms. The van der Waals surface area contributed by atoms with Gasteiger partial charge in [-0.25, -0.2) is 13.4 Å². The molecular formula is C24H23N5O4S. The smallest absolute Gasteiger partial charge is 0.289 e. The third-order valence-corrected chi connectivity index (χ3v) is 7.97. The summed E-state index contributed by atoms with van der Waals surface area (Å²) in [4.78, 5) is 17.4. The quantitative estimate of drug-likeness (QED) is 0.311. The highest BCUT2D eigenvalue weighted by Crippen LogP contribution is 2.29. The highest BCUT2D eigenvalue weighted by molar-refractivity contribution is 7.89. The molecule has 34 heavy (non-hydrogen) atoms. The number of fused-ring (bicyclic) bond motifs is 1. The number of piperazine rings is 1. The number of hydrogen-bond donors (Lipinski definition) is 0. The minimum atomic E-state index is -3.99. The molecule has 0 radical (unpaired) electrons. The van der Waals surface area contributed by atoms with Crippen molar-refractivity contribution in [1.82, 2.24) is 13.9 Å². The molecule has 1 saturated heterocycles. The molecule has 1 aliphatic heterocycles. The fourth-order valence-electron chi connectivity index (χ4n) is 4.32. The second-order valence-electron chi connectivity index (χ2n) is 8.09. The van der Waals surface area contributed by atoms with Crippen LogP contribution in [0.2, 0.25) is 0 Å². The summed E-state index contributed by atoms with van der Waals surface area (Å²) in [6.45, 7) is 1.92. The first-order chi connectivity index (χ1) is 16.4. The molecule has 0 aliphatic carbocycles. The maximum absolute atomic E-state index is 13.2. The Morgan fingerprint density at radius 3 is 2.24 bits per heavy atom. The number of aromatic nitrogens is 2. The average Bonchev–Trinajstić information content (AvgIpc) is 3.23. The van der Waals surface area contributed by atoms with Crippen LogP contribution < -0.4 is 4.90 Å². The van der Waals surface area contributed by atoms with Crippen LogP contribution in [-0.4, -0.2) is 53.4 Å². The summed E-state index contributed by atoms with van der Waals surface area (Å²) < 4.78 is 29.8. The summed E-state index contributed by atoms with van der Waals surface area (Å²) in [5.41, 5.74) is 2.62. The van der Waals surface area contributed by atoms with Crippen LogP contribution in [-0.2, 0) is 16.6 Å². The Morgan fingerprint density at radius 2 is 1.50 bits per heavy atom. The number of nitro benzene ring substituents is 1. The van der Waals surface area contributed by atoms with Crippen molar-refractivity contribution in [1.29, 1.82) is 0 Å². The molecule has 4 aromatic rings. The molecule has 0 N–H and O–H groups in total. The van der Waals surface area contributed by atoms with Gasteiger partial charge in [-0.3, -0.25) is 10.1 Å². The Morgan fingerprint density at radius 1 is 0.853 bits per heavy atom. The molecule has 0 saturated carbocycles. The Balaban J connectivity index is 1.42. The molecule has 1 fully saturated rings. The summed E-state index contributed by atoms with van der Waals surface area (Å²) in [5, 5.41) is 11.4. The Kier molecular flexibility index (Phi) is 5.76. The van der Waals surface area contributed by atoms with Gasteiger partial charge in [0.25, 0.3) is 5.69 Å². The van der Waals surface area contributed by atoms with E-state index in [0.29, 0.717) is 19.6 Å². The van der Waals surface area contributed by atoms with Crippen LogP contribution >= 0.6 is 0 Å². The zero-order valence-electron chi connectivity index (χ0n) is 18.3. The lowest BCUT2D eigenvalue weighted by Gasteiger charge is -2.34. The first-order valence-corrected chi connectivity index (χ1v) is 12.4. The fourth-order valence-corrected chi connectivity index (χ4v) is 5.90. The lowest BCUT2D eigenvalue weighted by Crippen LogP contribution is -2.49. The van der Waals surface area contributed by atoms with Crippen molar-refractivity contribution >= 4 is 32.7 Å². The molecule has 9 nitrogen and oxygen atoms in total. The molecule has 1 aliphatic rings. The standard InChI is InChI=1S/C24H23N5O4S/c30-29(31)22-12-6-7-13-23(22)34(32,33)27-16-14-26(15-17-27)24-25-20-10-4-5-11-21(20)28(24)18-19-8-2-1-3-9-19/h1-13H,14-18H2. The average molecular weight is 478 g/mol. The molecule has 2 heterocycles. The van der Waals surface area contributed by atoms with Crippen LogP contribution in [0.1, 0.15) is 5.56 Å². The maximum Gasteiger partial charge on any atom is 0.289 e. The van der Waals surface area contributed by atoms with E-state index < -0.39 is 20.6 Å². The van der Waals surface area contributed by atoms with Gasteiger partial charge in [0.05, 0.1) is 22.5 Å². The highest BCUT2D eigenvalue weighted by atomic mass is 32.2. The number of hydrogen-bond acceptors (Lipinski definition) is 6. The van der Waals surface area contributed by atoms with E-state index in [2.05, 4.69) is 21.6 Å². The zero-order chi connectivity index (χ0) is 23.7. The molecule has 0 amide bonds. The molecular weight excluding hydrogens is 454 g/mol. The van der Waals surface area contributed by atoms with Gasteiger partial charge in [0.15, 0.2) is 4.90 Å². The SMILES string of the molecule is O=[N+]([O-])c1ccccc1S(=O)(=O)N1CCN(c2nc3ccccc3n2Cc2ccccc2)CC1. The van der Waals surface area contributed by atoms with Gasteiger partial charge in [0.2, 0.25) is 16.0 Å². The van der Waals surface area contributed by atoms with E-state index in [4.69, 9.17) is 4.98 Å². The Bertz CT molecular complexity index is 1440. The molecule has 0 unspecified atom stereocenters. The summed E-state index contributed by atoms with van der Waals surface area (Å²) in [7, 11) is -3.99. The number of anilines is 1. The maximum atomic E-state index is 13.2. The van der Waals surface area contributed by atoms with E-state index in [1.54, 1.807) is 0 Å². The van der Waals surface area contributed by atoms with Gasteiger partial charge in [-0.15, -0.1) is 0 Å². The topological polar surface area (TPSA) is 102 Å². The van der Waals surface area contributed by atoms with E-state index >= 15 is 0 Å². The molecule has 174 valence electrons. The van der Waals surface area contributed by atoms with Crippen molar-refractivity contribution in [3.8, 4) is 0 Å². The van der Waals surface area contributed by atoms with E-state index in [1.165, 1.54) is 28.6 Å². The van der Waals surface area contributed by atoms with E-state index in [0.717, 1.165) is 22.5 Å². The van der Waals surface area contributed by atoms with Crippen molar-refractivity contribution in [2.45, 2.75) is 11.4 Å². The van der Waals surface area contributed by atoms with Crippen molar-refractivity contribution in [2.75, 3.05) is 31.1 Å². The molecule has 10 heteroatoms. The van der Waals surface area contributed by atoms with Gasteiger partial charge in [0.1, 0.15) is 0 Å². The minimum absolute atomic E-state index is 0.211. The predicted molar refractivity (Wildman–Crippen MR) is 129 cm³/mol. The normalized spacial score (nSPS) is 15.0. The first-order valence-electron chi connectivity index (χ1n) is 10.9. The van der Waals surface area contributed by atoms with Crippen LogP contribution in [0.25, 0.3) is 11.0 Å². The van der Waals surface area contributed by atoms with Crippen LogP contribution in [0.5, 0.6) is 0 Å². The largest absolute Gasteiger partial charge is 0.340 e. The molecule has 5 rings (SSSR count). The van der Waals surface area contributed by atoms with Crippen molar-refractivity contribution in [3.05, 3.63) is 94.5 Å². The number of benzene rings is 3. The van der Waals surface area contributed by atoms with Gasteiger partial charge in [-0.1, -0.05) is 54.6 Å². The zero-order valence-corrected chi connectivity index (χ0v) is 19.1. The van der Waals surface area contributed by atoms with E-state index in [1.807, 2.05) is 42.5 Å². The number of imidazole rings is 1. The van der Waals surface area contributed by atoms with Crippen molar-refractivity contribution in [3.63, 3.8) is 0 Å².